The third-order valence-corrected chi connectivity index (χ3v) is 4.77. The summed E-state index contributed by atoms with van der Waals surface area (Å²) < 4.78 is 26.1. The molecular formula is C12H18N4O2S. The van der Waals surface area contributed by atoms with Crippen LogP contribution < -0.4 is 0 Å². The largest absolute Gasteiger partial charge is 0.263 e. The molecule has 0 aromatic carbocycles. The SMILES string of the molecule is CC(C)c1cnn(C2(CC#N)CN(S(C)(=O)=O)C2)c1. The molecule has 1 aliphatic heterocycles. The molecule has 1 aromatic rings. The van der Waals surface area contributed by atoms with Gasteiger partial charge >= 0.3 is 0 Å². The Labute approximate surface area is 113 Å². The molecule has 0 amide bonds. The van der Waals surface area contributed by atoms with Crippen molar-refractivity contribution in [2.24, 2.45) is 0 Å². The van der Waals surface area contributed by atoms with Crippen LogP contribution in [0.5, 0.6) is 0 Å². The Morgan fingerprint density at radius 2 is 2.16 bits per heavy atom. The Balaban J connectivity index is 2.25. The lowest BCUT2D eigenvalue weighted by molar-refractivity contribution is 0.0722. The molecule has 1 aliphatic rings. The second-order valence-corrected chi connectivity index (χ2v) is 7.45. The molecule has 0 N–H and O–H groups in total. The number of rotatable bonds is 4. The first-order chi connectivity index (χ1) is 8.78. The predicted molar refractivity (Wildman–Crippen MR) is 70.9 cm³/mol. The molecule has 0 unspecified atom stereocenters. The monoisotopic (exact) mass is 282 g/mol. The number of hydrogen-bond acceptors (Lipinski definition) is 4. The highest BCUT2D eigenvalue weighted by Gasteiger charge is 2.49. The third kappa shape index (κ3) is 2.51. The van der Waals surface area contributed by atoms with Crippen LogP contribution in [0.1, 0.15) is 31.7 Å². The van der Waals surface area contributed by atoms with Crippen molar-refractivity contribution in [2.75, 3.05) is 19.3 Å². The van der Waals surface area contributed by atoms with Crippen molar-refractivity contribution < 1.29 is 8.42 Å². The molecule has 0 spiro atoms. The van der Waals surface area contributed by atoms with E-state index in [1.807, 2.05) is 6.20 Å². The summed E-state index contributed by atoms with van der Waals surface area (Å²) in [5.41, 5.74) is 0.584. The van der Waals surface area contributed by atoms with E-state index in [0.717, 1.165) is 5.56 Å². The molecule has 0 saturated carbocycles. The van der Waals surface area contributed by atoms with Crippen LogP contribution in [-0.4, -0.2) is 41.8 Å². The predicted octanol–water partition coefficient (Wildman–Crippen LogP) is 0.891. The summed E-state index contributed by atoms with van der Waals surface area (Å²) in [6.45, 7) is 4.78. The maximum atomic E-state index is 11.5. The second kappa shape index (κ2) is 4.62. The fourth-order valence-corrected chi connectivity index (χ4v) is 3.17. The van der Waals surface area contributed by atoms with E-state index in [0.29, 0.717) is 19.0 Å². The van der Waals surface area contributed by atoms with Crippen LogP contribution in [0.25, 0.3) is 0 Å². The highest BCUT2D eigenvalue weighted by molar-refractivity contribution is 7.88. The minimum absolute atomic E-state index is 0.262. The lowest BCUT2D eigenvalue weighted by atomic mass is 9.89. The smallest absolute Gasteiger partial charge is 0.211 e. The van der Waals surface area contributed by atoms with E-state index < -0.39 is 15.6 Å². The zero-order chi connectivity index (χ0) is 14.3. The van der Waals surface area contributed by atoms with Crippen molar-refractivity contribution in [2.45, 2.75) is 31.7 Å². The van der Waals surface area contributed by atoms with E-state index in [9.17, 15) is 8.42 Å². The Hall–Kier alpha value is -1.39. The van der Waals surface area contributed by atoms with Gasteiger partial charge in [0, 0.05) is 19.3 Å². The van der Waals surface area contributed by atoms with Crippen LogP contribution in [-0.2, 0) is 15.6 Å². The molecule has 0 radical (unpaired) electrons. The summed E-state index contributed by atoms with van der Waals surface area (Å²) >= 11 is 0. The van der Waals surface area contributed by atoms with Crippen molar-refractivity contribution in [1.29, 1.82) is 5.26 Å². The maximum absolute atomic E-state index is 11.5. The fourth-order valence-electron chi connectivity index (χ4n) is 2.22. The number of aromatic nitrogens is 2. The van der Waals surface area contributed by atoms with Crippen LogP contribution in [0.2, 0.25) is 0 Å². The molecular weight excluding hydrogens is 264 g/mol. The van der Waals surface area contributed by atoms with E-state index in [2.05, 4.69) is 25.0 Å². The van der Waals surface area contributed by atoms with Gasteiger partial charge in [0.25, 0.3) is 0 Å². The Kier molecular flexibility index (Phi) is 3.41. The van der Waals surface area contributed by atoms with E-state index in [-0.39, 0.29) is 6.42 Å². The van der Waals surface area contributed by atoms with Gasteiger partial charge in [0.1, 0.15) is 5.54 Å². The minimum atomic E-state index is -3.19. The molecule has 1 aromatic heterocycles. The summed E-state index contributed by atoms with van der Waals surface area (Å²) in [6.07, 6.45) is 5.15. The van der Waals surface area contributed by atoms with Gasteiger partial charge < -0.3 is 0 Å². The summed E-state index contributed by atoms with van der Waals surface area (Å²) in [5.74, 6) is 0.360. The van der Waals surface area contributed by atoms with Crippen LogP contribution in [0.15, 0.2) is 12.4 Å². The van der Waals surface area contributed by atoms with Gasteiger partial charge in [-0.25, -0.2) is 8.42 Å². The molecule has 104 valence electrons. The van der Waals surface area contributed by atoms with E-state index in [1.54, 1.807) is 10.9 Å². The van der Waals surface area contributed by atoms with Gasteiger partial charge in [-0.2, -0.15) is 14.7 Å². The highest BCUT2D eigenvalue weighted by Crippen LogP contribution is 2.34. The molecule has 0 aliphatic carbocycles. The maximum Gasteiger partial charge on any atom is 0.211 e. The number of hydrogen-bond donors (Lipinski definition) is 0. The van der Waals surface area contributed by atoms with E-state index in [1.165, 1.54) is 10.6 Å². The highest BCUT2D eigenvalue weighted by atomic mass is 32.2. The molecule has 0 atom stereocenters. The average Bonchev–Trinajstić information content (AvgIpc) is 2.70. The lowest BCUT2D eigenvalue weighted by Gasteiger charge is -2.47. The van der Waals surface area contributed by atoms with E-state index >= 15 is 0 Å². The van der Waals surface area contributed by atoms with Crippen molar-refractivity contribution >= 4 is 10.0 Å². The Bertz CT molecular complexity index is 606. The van der Waals surface area contributed by atoms with Gasteiger partial charge in [0.05, 0.1) is 24.9 Å². The topological polar surface area (TPSA) is 79.0 Å². The second-order valence-electron chi connectivity index (χ2n) is 5.46. The third-order valence-electron chi connectivity index (χ3n) is 3.57. The first-order valence-corrected chi connectivity index (χ1v) is 8.00. The summed E-state index contributed by atoms with van der Waals surface area (Å²) in [5, 5.41) is 13.3. The summed E-state index contributed by atoms with van der Waals surface area (Å²) in [4.78, 5) is 0. The van der Waals surface area contributed by atoms with E-state index in [4.69, 9.17) is 5.26 Å². The van der Waals surface area contributed by atoms with Crippen molar-refractivity contribution in [3.05, 3.63) is 18.0 Å². The van der Waals surface area contributed by atoms with Gasteiger partial charge in [0.2, 0.25) is 10.0 Å². The van der Waals surface area contributed by atoms with Crippen LogP contribution in [0, 0.1) is 11.3 Å². The zero-order valence-corrected chi connectivity index (χ0v) is 12.2. The number of nitriles is 1. The van der Waals surface area contributed by atoms with Crippen LogP contribution >= 0.6 is 0 Å². The van der Waals surface area contributed by atoms with Crippen molar-refractivity contribution in [3.8, 4) is 6.07 Å². The van der Waals surface area contributed by atoms with Gasteiger partial charge in [-0.15, -0.1) is 0 Å². The average molecular weight is 282 g/mol. The standard InChI is InChI=1S/C12H18N4O2S/c1-10(2)11-6-14-16(7-11)12(4-5-13)8-15(9-12)19(3,17)18/h6-7,10H,4,8-9H2,1-3H3. The Morgan fingerprint density at radius 3 is 2.58 bits per heavy atom. The van der Waals surface area contributed by atoms with Crippen molar-refractivity contribution in [3.63, 3.8) is 0 Å². The number of nitrogens with zero attached hydrogens (tertiary/aromatic N) is 4. The molecule has 19 heavy (non-hydrogen) atoms. The first-order valence-electron chi connectivity index (χ1n) is 6.16. The number of sulfonamides is 1. The molecule has 1 saturated heterocycles. The molecule has 2 rings (SSSR count). The summed E-state index contributed by atoms with van der Waals surface area (Å²) in [6, 6.07) is 2.14. The molecule has 0 bridgehead atoms. The molecule has 1 fully saturated rings. The summed E-state index contributed by atoms with van der Waals surface area (Å²) in [7, 11) is -3.19. The lowest BCUT2D eigenvalue weighted by Crippen LogP contribution is -2.63. The van der Waals surface area contributed by atoms with Crippen LogP contribution in [0.3, 0.4) is 0 Å². The quantitative estimate of drug-likeness (QED) is 0.821. The normalized spacial score (nSPS) is 19.1. The van der Waals surface area contributed by atoms with Crippen LogP contribution in [0.4, 0.5) is 0 Å². The molecule has 7 heteroatoms. The zero-order valence-electron chi connectivity index (χ0n) is 11.4. The molecule has 6 nitrogen and oxygen atoms in total. The first kappa shape index (κ1) is 14.0. The fraction of sp³-hybridized carbons (Fsp3) is 0.667. The van der Waals surface area contributed by atoms with Gasteiger partial charge in [0.15, 0.2) is 0 Å². The minimum Gasteiger partial charge on any atom is -0.263 e. The Morgan fingerprint density at radius 1 is 1.53 bits per heavy atom. The van der Waals surface area contributed by atoms with Gasteiger partial charge in [-0.1, -0.05) is 13.8 Å². The van der Waals surface area contributed by atoms with Gasteiger partial charge in [-0.3, -0.25) is 4.68 Å². The molecule has 2 heterocycles. The van der Waals surface area contributed by atoms with Gasteiger partial charge in [-0.05, 0) is 11.5 Å². The van der Waals surface area contributed by atoms with Crippen molar-refractivity contribution in [1.82, 2.24) is 14.1 Å².